The van der Waals surface area contributed by atoms with Gasteiger partial charge in [0.05, 0.1) is 10.5 Å². The number of anilines is 1. The predicted octanol–water partition coefficient (Wildman–Crippen LogP) is 4.99. The fourth-order valence-electron chi connectivity index (χ4n) is 2.79. The number of aryl methyl sites for hydroxylation is 3. The Balaban J connectivity index is 1.82. The van der Waals surface area contributed by atoms with Crippen LogP contribution >= 0.6 is 11.6 Å². The summed E-state index contributed by atoms with van der Waals surface area (Å²) in [6.07, 6.45) is 0. The van der Waals surface area contributed by atoms with Gasteiger partial charge in [0.1, 0.15) is 23.8 Å². The number of carbonyl (C=O) groups is 1. The van der Waals surface area contributed by atoms with E-state index in [1.165, 1.54) is 12.1 Å². The van der Waals surface area contributed by atoms with Gasteiger partial charge in [0.25, 0.3) is 11.6 Å². The van der Waals surface area contributed by atoms with Gasteiger partial charge in [-0.2, -0.15) is 0 Å². The van der Waals surface area contributed by atoms with Crippen molar-refractivity contribution in [2.75, 3.05) is 5.32 Å². The highest BCUT2D eigenvalue weighted by Gasteiger charge is 2.23. The number of amides is 1. The van der Waals surface area contributed by atoms with Crippen LogP contribution in [-0.4, -0.2) is 16.0 Å². The Morgan fingerprint density at radius 2 is 2.00 bits per heavy atom. The first-order chi connectivity index (χ1) is 13.8. The lowest BCUT2D eigenvalue weighted by Crippen LogP contribution is -2.16. The molecular formula is C20H18ClN3O5. The van der Waals surface area contributed by atoms with Crippen molar-refractivity contribution in [1.29, 1.82) is 0 Å². The standard InChI is InChI=1S/C20H18ClN3O5/c1-11-4-7-18(12(2)8-11)28-10-15-13(3)29-23-19(15)20(25)22-16-6-5-14(21)9-17(16)24(26)27/h4-9H,10H2,1-3H3,(H,22,25). The Morgan fingerprint density at radius 3 is 2.69 bits per heavy atom. The molecule has 0 aliphatic carbocycles. The van der Waals surface area contributed by atoms with Gasteiger partial charge in [0, 0.05) is 11.1 Å². The van der Waals surface area contributed by atoms with Gasteiger partial charge >= 0.3 is 0 Å². The average molecular weight is 416 g/mol. The normalized spacial score (nSPS) is 10.6. The molecule has 0 saturated heterocycles. The SMILES string of the molecule is Cc1ccc(OCc2c(C(=O)Nc3ccc(Cl)cc3[N+](=O)[O-])noc2C)c(C)c1. The number of ether oxygens (including phenoxy) is 1. The van der Waals surface area contributed by atoms with Crippen molar-refractivity contribution in [3.05, 3.63) is 79.7 Å². The second kappa shape index (κ2) is 8.32. The molecule has 0 aliphatic heterocycles. The van der Waals surface area contributed by atoms with Crippen molar-refractivity contribution in [3.63, 3.8) is 0 Å². The van der Waals surface area contributed by atoms with Crippen LogP contribution in [0.15, 0.2) is 40.9 Å². The van der Waals surface area contributed by atoms with E-state index < -0.39 is 10.8 Å². The molecule has 0 radical (unpaired) electrons. The summed E-state index contributed by atoms with van der Waals surface area (Å²) >= 11 is 5.80. The number of nitrogens with zero attached hydrogens (tertiary/aromatic N) is 2. The number of rotatable bonds is 6. The van der Waals surface area contributed by atoms with E-state index in [1.54, 1.807) is 6.92 Å². The summed E-state index contributed by atoms with van der Waals surface area (Å²) in [5, 5.41) is 17.7. The van der Waals surface area contributed by atoms with Crippen molar-refractivity contribution < 1.29 is 19.0 Å². The molecule has 8 nitrogen and oxygen atoms in total. The summed E-state index contributed by atoms with van der Waals surface area (Å²) < 4.78 is 11.0. The van der Waals surface area contributed by atoms with E-state index in [1.807, 2.05) is 32.0 Å². The monoisotopic (exact) mass is 415 g/mol. The summed E-state index contributed by atoms with van der Waals surface area (Å²) in [5.74, 6) is 0.452. The molecule has 0 unspecified atom stereocenters. The van der Waals surface area contributed by atoms with Crippen molar-refractivity contribution in [1.82, 2.24) is 5.16 Å². The van der Waals surface area contributed by atoms with E-state index in [2.05, 4.69) is 10.5 Å². The maximum Gasteiger partial charge on any atom is 0.294 e. The minimum atomic E-state index is -0.647. The number of aromatic nitrogens is 1. The molecule has 2 aromatic carbocycles. The third kappa shape index (κ3) is 4.55. The molecule has 0 fully saturated rings. The van der Waals surface area contributed by atoms with Crippen LogP contribution in [0.4, 0.5) is 11.4 Å². The van der Waals surface area contributed by atoms with Gasteiger partial charge in [-0.15, -0.1) is 0 Å². The second-order valence-corrected chi connectivity index (χ2v) is 6.93. The minimum Gasteiger partial charge on any atom is -0.488 e. The van der Waals surface area contributed by atoms with E-state index in [9.17, 15) is 14.9 Å². The first kappa shape index (κ1) is 20.3. The Hall–Kier alpha value is -3.39. The largest absolute Gasteiger partial charge is 0.488 e. The molecule has 3 rings (SSSR count). The Morgan fingerprint density at radius 1 is 1.24 bits per heavy atom. The number of hydrogen-bond donors (Lipinski definition) is 1. The van der Waals surface area contributed by atoms with Gasteiger partial charge in [-0.1, -0.05) is 34.5 Å². The van der Waals surface area contributed by atoms with Crippen molar-refractivity contribution in [2.45, 2.75) is 27.4 Å². The number of nitro benzene ring substituents is 1. The van der Waals surface area contributed by atoms with Gasteiger partial charge in [0.15, 0.2) is 5.69 Å². The fraction of sp³-hybridized carbons (Fsp3) is 0.200. The first-order valence-electron chi connectivity index (χ1n) is 8.66. The van der Waals surface area contributed by atoms with Crippen LogP contribution in [0.3, 0.4) is 0 Å². The highest BCUT2D eigenvalue weighted by Crippen LogP contribution is 2.29. The van der Waals surface area contributed by atoms with Crippen LogP contribution in [0.2, 0.25) is 5.02 Å². The van der Waals surface area contributed by atoms with Gasteiger partial charge in [-0.3, -0.25) is 14.9 Å². The third-order valence-electron chi connectivity index (χ3n) is 4.31. The zero-order valence-electron chi connectivity index (χ0n) is 16.0. The molecule has 1 amide bonds. The van der Waals surface area contributed by atoms with E-state index in [-0.39, 0.29) is 28.7 Å². The zero-order chi connectivity index (χ0) is 21.1. The van der Waals surface area contributed by atoms with Crippen LogP contribution in [-0.2, 0) is 6.61 Å². The lowest BCUT2D eigenvalue weighted by molar-refractivity contribution is -0.383. The maximum absolute atomic E-state index is 12.7. The lowest BCUT2D eigenvalue weighted by atomic mass is 10.1. The van der Waals surface area contributed by atoms with Crippen LogP contribution in [0, 0.1) is 30.9 Å². The second-order valence-electron chi connectivity index (χ2n) is 6.50. The molecule has 1 heterocycles. The number of nitrogens with one attached hydrogen (secondary N) is 1. The van der Waals surface area contributed by atoms with Crippen molar-refractivity contribution in [3.8, 4) is 5.75 Å². The quantitative estimate of drug-likeness (QED) is 0.448. The molecule has 0 aliphatic rings. The van der Waals surface area contributed by atoms with Crippen LogP contribution in [0.1, 0.15) is 32.9 Å². The number of benzene rings is 2. The highest BCUT2D eigenvalue weighted by molar-refractivity contribution is 6.31. The van der Waals surface area contributed by atoms with Crippen molar-refractivity contribution >= 4 is 28.9 Å². The van der Waals surface area contributed by atoms with E-state index in [4.69, 9.17) is 20.9 Å². The molecule has 150 valence electrons. The smallest absolute Gasteiger partial charge is 0.294 e. The van der Waals surface area contributed by atoms with Gasteiger partial charge in [-0.25, -0.2) is 0 Å². The molecular weight excluding hydrogens is 398 g/mol. The van der Waals surface area contributed by atoms with Crippen LogP contribution in [0.25, 0.3) is 0 Å². The lowest BCUT2D eigenvalue weighted by Gasteiger charge is -2.10. The Bertz CT molecular complexity index is 1090. The molecule has 0 bridgehead atoms. The number of nitro groups is 1. The summed E-state index contributed by atoms with van der Waals surface area (Å²) in [5.41, 5.74) is 2.21. The predicted molar refractivity (Wildman–Crippen MR) is 108 cm³/mol. The molecule has 29 heavy (non-hydrogen) atoms. The molecule has 1 N–H and O–H groups in total. The molecule has 0 saturated carbocycles. The molecule has 0 spiro atoms. The minimum absolute atomic E-state index is 0.00323. The molecule has 0 atom stereocenters. The molecule has 3 aromatic rings. The first-order valence-corrected chi connectivity index (χ1v) is 9.04. The van der Waals surface area contributed by atoms with Crippen LogP contribution in [0.5, 0.6) is 5.75 Å². The third-order valence-corrected chi connectivity index (χ3v) is 4.54. The van der Waals surface area contributed by atoms with Crippen LogP contribution < -0.4 is 10.1 Å². The zero-order valence-corrected chi connectivity index (χ0v) is 16.7. The summed E-state index contributed by atoms with van der Waals surface area (Å²) in [4.78, 5) is 23.3. The molecule has 1 aromatic heterocycles. The molecule has 9 heteroatoms. The van der Waals surface area contributed by atoms with E-state index in [0.717, 1.165) is 17.2 Å². The topological polar surface area (TPSA) is 108 Å². The van der Waals surface area contributed by atoms with Crippen molar-refractivity contribution in [2.24, 2.45) is 0 Å². The Kier molecular flexibility index (Phi) is 5.84. The highest BCUT2D eigenvalue weighted by atomic mass is 35.5. The Labute approximate surface area is 171 Å². The maximum atomic E-state index is 12.7. The number of halogens is 1. The fourth-order valence-corrected chi connectivity index (χ4v) is 2.96. The van der Waals surface area contributed by atoms with Gasteiger partial charge in [-0.05, 0) is 44.5 Å². The summed E-state index contributed by atoms with van der Waals surface area (Å²) in [6, 6.07) is 9.73. The number of carbonyl (C=O) groups excluding carboxylic acids is 1. The van der Waals surface area contributed by atoms with E-state index >= 15 is 0 Å². The number of hydrogen-bond acceptors (Lipinski definition) is 6. The van der Waals surface area contributed by atoms with Gasteiger partial charge in [0.2, 0.25) is 0 Å². The summed E-state index contributed by atoms with van der Waals surface area (Å²) in [6.45, 7) is 5.63. The summed E-state index contributed by atoms with van der Waals surface area (Å²) in [7, 11) is 0. The van der Waals surface area contributed by atoms with Gasteiger partial charge < -0.3 is 14.6 Å². The average Bonchev–Trinajstić information content (AvgIpc) is 3.03. The van der Waals surface area contributed by atoms with E-state index in [0.29, 0.717) is 17.1 Å².